The first-order valence-electron chi connectivity index (χ1n) is 9.99. The first-order chi connectivity index (χ1) is 16.8. The molecule has 1 amide bonds. The summed E-state index contributed by atoms with van der Waals surface area (Å²) in [7, 11) is -8.55. The van der Waals surface area contributed by atoms with Crippen LogP contribution in [-0.2, 0) is 29.6 Å². The van der Waals surface area contributed by atoms with Gasteiger partial charge < -0.3 is 10.1 Å². The van der Waals surface area contributed by atoms with Gasteiger partial charge in [-0.3, -0.25) is 9.52 Å². The molecule has 14 heteroatoms. The number of ether oxygens (including phenoxy) is 1. The summed E-state index contributed by atoms with van der Waals surface area (Å²) in [6.45, 7) is 1.25. The molecule has 3 rings (SSSR count). The lowest BCUT2D eigenvalue weighted by Crippen LogP contribution is -2.30. The van der Waals surface area contributed by atoms with Gasteiger partial charge in [-0.15, -0.1) is 0 Å². The number of carbonyl (C=O) groups excluding carboxylic acids is 2. The number of halogens is 2. The van der Waals surface area contributed by atoms with Gasteiger partial charge in [0.1, 0.15) is 16.5 Å². The fourth-order valence-electron chi connectivity index (χ4n) is 2.88. The number of primary sulfonamides is 1. The Hall–Kier alpha value is -3.88. The third kappa shape index (κ3) is 6.41. The number of sulfonamides is 2. The standard InChI is InChI=1S/C22H19F2N3O7S2/c1-13(21(28)26-15-7-9-16(10-8-15)35(25,30)31)34-22(29)17-4-2-3-5-19(17)27-36(32,33)20-12-14(23)6-11-18(20)24/h2-13,27H,1H3,(H,26,28)(H2,25,30,31)/t13-/m1/s1. The minimum Gasteiger partial charge on any atom is -0.449 e. The van der Waals surface area contributed by atoms with E-state index in [4.69, 9.17) is 9.88 Å². The highest BCUT2D eigenvalue weighted by molar-refractivity contribution is 7.92. The number of esters is 1. The number of anilines is 2. The molecule has 0 saturated heterocycles. The van der Waals surface area contributed by atoms with Crippen LogP contribution in [0.25, 0.3) is 0 Å². The SMILES string of the molecule is C[C@@H](OC(=O)c1ccccc1NS(=O)(=O)c1cc(F)ccc1F)C(=O)Nc1ccc(S(N)(=O)=O)cc1. The van der Waals surface area contributed by atoms with E-state index in [0.29, 0.717) is 12.1 Å². The molecule has 0 aromatic heterocycles. The number of hydrogen-bond donors (Lipinski definition) is 3. The van der Waals surface area contributed by atoms with Crippen molar-refractivity contribution < 1.29 is 39.9 Å². The molecule has 0 spiro atoms. The second-order valence-electron chi connectivity index (χ2n) is 7.33. The highest BCUT2D eigenvalue weighted by Gasteiger charge is 2.25. The molecular formula is C22H19F2N3O7S2. The topological polar surface area (TPSA) is 162 Å². The summed E-state index contributed by atoms with van der Waals surface area (Å²) >= 11 is 0. The third-order valence-corrected chi connectivity index (χ3v) is 6.99. The van der Waals surface area contributed by atoms with Crippen LogP contribution in [0.15, 0.2) is 76.5 Å². The van der Waals surface area contributed by atoms with Crippen molar-refractivity contribution in [2.24, 2.45) is 5.14 Å². The van der Waals surface area contributed by atoms with Crippen molar-refractivity contribution in [3.05, 3.63) is 83.9 Å². The zero-order chi connectivity index (χ0) is 26.7. The lowest BCUT2D eigenvalue weighted by Gasteiger charge is -2.16. The highest BCUT2D eigenvalue weighted by Crippen LogP contribution is 2.24. The fourth-order valence-corrected chi connectivity index (χ4v) is 4.57. The lowest BCUT2D eigenvalue weighted by molar-refractivity contribution is -0.123. The smallest absolute Gasteiger partial charge is 0.341 e. The van der Waals surface area contributed by atoms with Crippen molar-refractivity contribution in [2.45, 2.75) is 22.8 Å². The Kier molecular flexibility index (Phi) is 7.71. The van der Waals surface area contributed by atoms with Gasteiger partial charge in [0, 0.05) is 5.69 Å². The number of amides is 1. The van der Waals surface area contributed by atoms with Crippen molar-refractivity contribution in [3.8, 4) is 0 Å². The molecule has 10 nitrogen and oxygen atoms in total. The van der Waals surface area contributed by atoms with Gasteiger partial charge in [-0.1, -0.05) is 12.1 Å². The molecule has 4 N–H and O–H groups in total. The van der Waals surface area contributed by atoms with Crippen LogP contribution in [0.2, 0.25) is 0 Å². The minimum absolute atomic E-state index is 0.169. The van der Waals surface area contributed by atoms with Crippen LogP contribution in [0, 0.1) is 11.6 Å². The average Bonchev–Trinajstić information content (AvgIpc) is 2.80. The molecule has 0 fully saturated rings. The number of nitrogens with one attached hydrogen (secondary N) is 2. The number of carbonyl (C=O) groups is 2. The molecule has 0 heterocycles. The van der Waals surface area contributed by atoms with E-state index in [9.17, 15) is 35.2 Å². The molecule has 0 aliphatic rings. The van der Waals surface area contributed by atoms with E-state index in [2.05, 4.69) is 5.32 Å². The van der Waals surface area contributed by atoms with Gasteiger partial charge in [-0.25, -0.2) is 35.5 Å². The molecule has 3 aromatic carbocycles. The first-order valence-corrected chi connectivity index (χ1v) is 13.0. The molecule has 0 unspecified atom stereocenters. The summed E-state index contributed by atoms with van der Waals surface area (Å²) in [5, 5.41) is 7.44. The molecule has 1 atom stereocenters. The monoisotopic (exact) mass is 539 g/mol. The van der Waals surface area contributed by atoms with Crippen LogP contribution in [0.3, 0.4) is 0 Å². The first kappa shape index (κ1) is 26.7. The van der Waals surface area contributed by atoms with Crippen molar-refractivity contribution in [1.82, 2.24) is 0 Å². The van der Waals surface area contributed by atoms with Crippen LogP contribution >= 0.6 is 0 Å². The maximum atomic E-state index is 14.0. The fraction of sp³-hybridized carbons (Fsp3) is 0.0909. The normalized spacial score (nSPS) is 12.4. The third-order valence-electron chi connectivity index (χ3n) is 4.68. The predicted molar refractivity (Wildman–Crippen MR) is 125 cm³/mol. The molecule has 36 heavy (non-hydrogen) atoms. The summed E-state index contributed by atoms with van der Waals surface area (Å²) in [6.07, 6.45) is -1.36. The van der Waals surface area contributed by atoms with Gasteiger partial charge in [0.2, 0.25) is 10.0 Å². The Bertz CT molecular complexity index is 1530. The molecule has 190 valence electrons. The number of hydrogen-bond acceptors (Lipinski definition) is 7. The largest absolute Gasteiger partial charge is 0.449 e. The molecule has 0 saturated carbocycles. The van der Waals surface area contributed by atoms with Gasteiger partial charge in [0.25, 0.3) is 15.9 Å². The van der Waals surface area contributed by atoms with E-state index in [1.165, 1.54) is 55.5 Å². The van der Waals surface area contributed by atoms with E-state index >= 15 is 0 Å². The maximum Gasteiger partial charge on any atom is 0.341 e. The molecule has 0 aliphatic heterocycles. The summed E-state index contributed by atoms with van der Waals surface area (Å²) in [6, 6.07) is 12.0. The van der Waals surface area contributed by atoms with E-state index in [1.54, 1.807) is 0 Å². The molecular weight excluding hydrogens is 520 g/mol. The highest BCUT2D eigenvalue weighted by atomic mass is 32.2. The zero-order valence-corrected chi connectivity index (χ0v) is 20.1. The molecule has 3 aromatic rings. The van der Waals surface area contributed by atoms with Crippen LogP contribution in [-0.4, -0.2) is 34.8 Å². The lowest BCUT2D eigenvalue weighted by atomic mass is 10.2. The van der Waals surface area contributed by atoms with Gasteiger partial charge in [0.05, 0.1) is 16.1 Å². The molecule has 0 bridgehead atoms. The Labute approximate surface area is 205 Å². The van der Waals surface area contributed by atoms with Crippen molar-refractivity contribution in [2.75, 3.05) is 10.0 Å². The second kappa shape index (κ2) is 10.4. The van der Waals surface area contributed by atoms with Crippen molar-refractivity contribution >= 4 is 43.3 Å². The van der Waals surface area contributed by atoms with E-state index < -0.39 is 54.6 Å². The van der Waals surface area contributed by atoms with Crippen LogP contribution in [0.4, 0.5) is 20.2 Å². The van der Waals surface area contributed by atoms with E-state index in [0.717, 1.165) is 6.07 Å². The number of benzene rings is 3. The summed E-state index contributed by atoms with van der Waals surface area (Å²) in [5.74, 6) is -4.04. The van der Waals surface area contributed by atoms with Crippen LogP contribution in [0.5, 0.6) is 0 Å². The quantitative estimate of drug-likeness (QED) is 0.371. The Morgan fingerprint density at radius 3 is 2.22 bits per heavy atom. The summed E-state index contributed by atoms with van der Waals surface area (Å²) < 4.78 is 82.4. The number of para-hydroxylation sites is 1. The van der Waals surface area contributed by atoms with Crippen molar-refractivity contribution in [3.63, 3.8) is 0 Å². The van der Waals surface area contributed by atoms with Gasteiger partial charge >= 0.3 is 5.97 Å². The van der Waals surface area contributed by atoms with Crippen LogP contribution in [0.1, 0.15) is 17.3 Å². The van der Waals surface area contributed by atoms with Gasteiger partial charge in [-0.05, 0) is 61.5 Å². The summed E-state index contributed by atoms with van der Waals surface area (Å²) in [4.78, 5) is 24.0. The van der Waals surface area contributed by atoms with Crippen LogP contribution < -0.4 is 15.2 Å². The molecule has 0 radical (unpaired) electrons. The second-order valence-corrected chi connectivity index (χ2v) is 10.5. The van der Waals surface area contributed by atoms with Crippen molar-refractivity contribution in [1.29, 1.82) is 0 Å². The van der Waals surface area contributed by atoms with E-state index in [1.807, 2.05) is 4.72 Å². The Morgan fingerprint density at radius 1 is 0.944 bits per heavy atom. The predicted octanol–water partition coefficient (Wildman–Crippen LogP) is 2.60. The minimum atomic E-state index is -4.63. The average molecular weight is 540 g/mol. The number of nitrogens with two attached hydrogens (primary N) is 1. The van der Waals surface area contributed by atoms with Gasteiger partial charge in [0.15, 0.2) is 6.10 Å². The maximum absolute atomic E-state index is 14.0. The molecule has 0 aliphatic carbocycles. The van der Waals surface area contributed by atoms with Gasteiger partial charge in [-0.2, -0.15) is 0 Å². The number of rotatable bonds is 8. The Morgan fingerprint density at radius 2 is 1.58 bits per heavy atom. The summed E-state index contributed by atoms with van der Waals surface area (Å²) in [5.41, 5.74) is -0.395. The van der Waals surface area contributed by atoms with E-state index in [-0.39, 0.29) is 21.8 Å². The zero-order valence-electron chi connectivity index (χ0n) is 18.4. The Balaban J connectivity index is 1.74.